The first kappa shape index (κ1) is 25.0. The van der Waals surface area contributed by atoms with Gasteiger partial charge in [0.25, 0.3) is 0 Å². The molecule has 0 saturated heterocycles. The number of ketones is 2. The van der Waals surface area contributed by atoms with Crippen LogP contribution in [-0.4, -0.2) is 44.1 Å². The summed E-state index contributed by atoms with van der Waals surface area (Å²) in [5.41, 5.74) is 0.419. The van der Waals surface area contributed by atoms with E-state index < -0.39 is 23.6 Å². The van der Waals surface area contributed by atoms with Crippen molar-refractivity contribution in [3.63, 3.8) is 0 Å². The zero-order valence-electron chi connectivity index (χ0n) is 17.9. The number of carboxylic acids is 1. The summed E-state index contributed by atoms with van der Waals surface area (Å²) in [7, 11) is 0. The van der Waals surface area contributed by atoms with Crippen molar-refractivity contribution in [1.29, 1.82) is 0 Å². The highest BCUT2D eigenvalue weighted by Crippen LogP contribution is 2.35. The molecule has 170 valence electrons. The molecule has 0 spiro atoms. The van der Waals surface area contributed by atoms with Gasteiger partial charge in [-0.3, -0.25) is 14.4 Å². The fraction of sp³-hybridized carbons (Fsp3) is 0.292. The van der Waals surface area contributed by atoms with Crippen LogP contribution < -0.4 is 0 Å². The van der Waals surface area contributed by atoms with Gasteiger partial charge in [-0.15, -0.1) is 11.3 Å². The largest absolute Gasteiger partial charge is 0.507 e. The minimum Gasteiger partial charge on any atom is -0.507 e. The van der Waals surface area contributed by atoms with Crippen molar-refractivity contribution in [3.8, 4) is 11.5 Å². The summed E-state index contributed by atoms with van der Waals surface area (Å²) in [4.78, 5) is 35.8. The number of phenols is 2. The zero-order chi connectivity index (χ0) is 23.8. The number of aryl methyl sites for hydroxylation is 1. The van der Waals surface area contributed by atoms with Gasteiger partial charge in [0.15, 0.2) is 11.6 Å². The van der Waals surface area contributed by atoms with E-state index in [1.165, 1.54) is 4.88 Å². The molecule has 1 atom stereocenters. The van der Waals surface area contributed by atoms with E-state index in [4.69, 9.17) is 5.11 Å². The van der Waals surface area contributed by atoms with Crippen molar-refractivity contribution in [3.05, 3.63) is 68.9 Å². The van der Waals surface area contributed by atoms with E-state index in [0.29, 0.717) is 0 Å². The molecule has 32 heavy (non-hydrogen) atoms. The van der Waals surface area contributed by atoms with E-state index >= 15 is 0 Å². The van der Waals surface area contributed by atoms with E-state index in [1.807, 2.05) is 31.4 Å². The number of allylic oxidation sites excluding steroid dienone is 2. The number of carbonyl (C=O) groups is 3. The van der Waals surface area contributed by atoms with Gasteiger partial charge in [-0.25, -0.2) is 0 Å². The van der Waals surface area contributed by atoms with E-state index in [2.05, 4.69) is 0 Å². The molecule has 1 aromatic carbocycles. The normalized spacial score (nSPS) is 13.4. The Hall–Kier alpha value is -3.23. The predicted octanol–water partition coefficient (Wildman–Crippen LogP) is 4.28. The number of aliphatic hydroxyl groups excluding tert-OH is 1. The van der Waals surface area contributed by atoms with Gasteiger partial charge in [0.2, 0.25) is 0 Å². The zero-order valence-corrected chi connectivity index (χ0v) is 18.7. The molecule has 8 heteroatoms. The number of carbonyl (C=O) groups excluding carboxylic acids is 2. The number of benzene rings is 1. The first-order chi connectivity index (χ1) is 15.1. The number of Topliss-reactive ketones (excluding diaryl/α,β-unsaturated/α-hetero) is 1. The summed E-state index contributed by atoms with van der Waals surface area (Å²) < 4.78 is 0. The van der Waals surface area contributed by atoms with Crippen molar-refractivity contribution in [2.45, 2.75) is 45.6 Å². The molecule has 7 nitrogen and oxygen atoms in total. The second-order valence-corrected chi connectivity index (χ2v) is 8.54. The summed E-state index contributed by atoms with van der Waals surface area (Å²) in [6.45, 7) is 3.71. The van der Waals surface area contributed by atoms with Crippen LogP contribution in [0.4, 0.5) is 0 Å². The smallest absolute Gasteiger partial charge is 0.303 e. The van der Waals surface area contributed by atoms with Crippen molar-refractivity contribution in [2.24, 2.45) is 0 Å². The summed E-state index contributed by atoms with van der Waals surface area (Å²) in [6.07, 6.45) is 3.75. The van der Waals surface area contributed by atoms with Gasteiger partial charge in [-0.1, -0.05) is 17.7 Å². The van der Waals surface area contributed by atoms with Crippen LogP contribution in [0.2, 0.25) is 0 Å². The number of phenolic OH excluding ortho intramolecular Hbond substituents is 2. The van der Waals surface area contributed by atoms with Gasteiger partial charge in [-0.05, 0) is 62.8 Å². The Labute approximate surface area is 190 Å². The fourth-order valence-electron chi connectivity index (χ4n) is 3.07. The molecule has 0 bridgehead atoms. The lowest BCUT2D eigenvalue weighted by molar-refractivity contribution is -0.137. The lowest BCUT2D eigenvalue weighted by atomic mass is 9.85. The summed E-state index contributed by atoms with van der Waals surface area (Å²) in [5, 5.41) is 39.9. The molecular weight excluding hydrogens is 432 g/mol. The first-order valence-corrected chi connectivity index (χ1v) is 10.9. The third kappa shape index (κ3) is 6.63. The quantitative estimate of drug-likeness (QED) is 0.360. The summed E-state index contributed by atoms with van der Waals surface area (Å²) in [5.74, 6) is -2.71. The topological polar surface area (TPSA) is 132 Å². The molecule has 1 aromatic heterocycles. The number of hydrogen-bond acceptors (Lipinski definition) is 7. The van der Waals surface area contributed by atoms with Gasteiger partial charge in [0, 0.05) is 16.9 Å². The van der Waals surface area contributed by atoms with E-state index in [9.17, 15) is 29.7 Å². The van der Waals surface area contributed by atoms with Crippen LogP contribution in [-0.2, 0) is 11.2 Å². The average molecular weight is 459 g/mol. The Kier molecular flexibility index (Phi) is 8.92. The minimum absolute atomic E-state index is 0.0779. The van der Waals surface area contributed by atoms with Gasteiger partial charge in [0.1, 0.15) is 11.5 Å². The van der Waals surface area contributed by atoms with Crippen LogP contribution in [0.5, 0.6) is 11.5 Å². The molecule has 0 fully saturated rings. The highest BCUT2D eigenvalue weighted by atomic mass is 32.1. The number of thiophene rings is 1. The number of rotatable bonds is 7. The van der Waals surface area contributed by atoms with Crippen LogP contribution >= 0.6 is 11.3 Å². The van der Waals surface area contributed by atoms with Crippen LogP contribution in [0.15, 0.2) is 52.9 Å². The fourth-order valence-corrected chi connectivity index (χ4v) is 3.82. The van der Waals surface area contributed by atoms with E-state index in [0.717, 1.165) is 36.6 Å². The molecule has 0 radical (unpaired) electrons. The van der Waals surface area contributed by atoms with E-state index in [1.54, 1.807) is 17.4 Å². The molecule has 0 amide bonds. The second kappa shape index (κ2) is 11.4. The van der Waals surface area contributed by atoms with Gasteiger partial charge in [-0.2, -0.15) is 0 Å². The molecule has 2 aromatic rings. The SMILES string of the molecule is CC(C)=CC[C@@H](O)C1=CC(=O)c2c(O)ccc(O)c2C1=O.O=C(O)CCCc1cccs1. The summed E-state index contributed by atoms with van der Waals surface area (Å²) in [6, 6.07) is 6.32. The Balaban J connectivity index is 0.000000278. The molecule has 1 aliphatic rings. The van der Waals surface area contributed by atoms with Crippen molar-refractivity contribution < 1.29 is 34.8 Å². The Bertz CT molecular complexity index is 1040. The number of hydrogen-bond donors (Lipinski definition) is 4. The van der Waals surface area contributed by atoms with Crippen LogP contribution in [0.3, 0.4) is 0 Å². The highest BCUT2D eigenvalue weighted by Gasteiger charge is 2.33. The lowest BCUT2D eigenvalue weighted by Crippen LogP contribution is -2.25. The molecule has 0 unspecified atom stereocenters. The third-order valence-electron chi connectivity index (χ3n) is 4.69. The van der Waals surface area contributed by atoms with E-state index in [-0.39, 0.29) is 41.0 Å². The molecule has 0 saturated carbocycles. The van der Waals surface area contributed by atoms with Gasteiger partial charge < -0.3 is 20.4 Å². The summed E-state index contributed by atoms with van der Waals surface area (Å²) >= 11 is 1.68. The molecular formula is C24H26O7S. The second-order valence-electron chi connectivity index (χ2n) is 7.51. The lowest BCUT2D eigenvalue weighted by Gasteiger charge is -2.20. The Morgan fingerprint density at radius 2 is 1.75 bits per heavy atom. The van der Waals surface area contributed by atoms with Gasteiger partial charge >= 0.3 is 5.97 Å². The maximum atomic E-state index is 12.3. The first-order valence-electron chi connectivity index (χ1n) is 10.0. The molecule has 3 rings (SSSR count). The third-order valence-corrected chi connectivity index (χ3v) is 5.62. The maximum Gasteiger partial charge on any atom is 0.303 e. The number of aliphatic carboxylic acids is 1. The number of fused-ring (bicyclic) bond motifs is 1. The molecule has 1 aliphatic carbocycles. The molecule has 1 heterocycles. The van der Waals surface area contributed by atoms with Crippen LogP contribution in [0, 0.1) is 0 Å². The van der Waals surface area contributed by atoms with Crippen molar-refractivity contribution >= 4 is 28.9 Å². The van der Waals surface area contributed by atoms with Crippen molar-refractivity contribution in [1.82, 2.24) is 0 Å². The Morgan fingerprint density at radius 3 is 2.31 bits per heavy atom. The monoisotopic (exact) mass is 458 g/mol. The molecule has 4 N–H and O–H groups in total. The van der Waals surface area contributed by atoms with Crippen LogP contribution in [0.1, 0.15) is 58.7 Å². The predicted molar refractivity (Wildman–Crippen MR) is 121 cm³/mol. The average Bonchev–Trinajstić information content (AvgIpc) is 3.24. The highest BCUT2D eigenvalue weighted by molar-refractivity contribution is 7.09. The standard InChI is InChI=1S/C16H16O5.C8H10O2S/c1-8(2)3-4-10(17)9-7-13(20)14-11(18)5-6-12(19)15(14)16(9)21;9-8(10)5-1-3-7-4-2-6-11-7/h3,5-7,10,17-19H,4H2,1-2H3;2,4,6H,1,3,5H2,(H,9,10)/t10-;/m1./s1. The number of aliphatic hydroxyl groups is 1. The van der Waals surface area contributed by atoms with Crippen molar-refractivity contribution in [2.75, 3.05) is 0 Å². The van der Waals surface area contributed by atoms with Crippen LogP contribution in [0.25, 0.3) is 0 Å². The van der Waals surface area contributed by atoms with Gasteiger partial charge in [0.05, 0.1) is 17.2 Å². The molecule has 0 aliphatic heterocycles. The number of aromatic hydroxyl groups is 2. The minimum atomic E-state index is -1.13. The Morgan fingerprint density at radius 1 is 1.09 bits per heavy atom. The number of carboxylic acid groups (broad SMARTS) is 1. The maximum absolute atomic E-state index is 12.3.